The highest BCUT2D eigenvalue weighted by atomic mass is 15.1. The second-order valence-corrected chi connectivity index (χ2v) is 25.8. The molecule has 0 saturated heterocycles. The number of para-hydroxylation sites is 1. The summed E-state index contributed by atoms with van der Waals surface area (Å²) in [4.78, 5) is 2.59. The lowest BCUT2D eigenvalue weighted by Gasteiger charge is -2.36. The van der Waals surface area contributed by atoms with Crippen molar-refractivity contribution in [3.8, 4) is 33.4 Å². The maximum atomic E-state index is 2.73. The normalized spacial score (nSPS) is 19.4. The summed E-state index contributed by atoms with van der Waals surface area (Å²) < 4.78 is 0. The summed E-state index contributed by atoms with van der Waals surface area (Å²) in [6.07, 6.45) is 34.0. The van der Waals surface area contributed by atoms with Crippen LogP contribution in [0.15, 0.2) is 182 Å². The molecule has 5 fully saturated rings. The molecular formula is C79H85N. The Labute approximate surface area is 480 Å². The van der Waals surface area contributed by atoms with Crippen molar-refractivity contribution in [1.82, 2.24) is 0 Å². The number of fused-ring (bicyclic) bond motifs is 3. The van der Waals surface area contributed by atoms with E-state index in [9.17, 15) is 0 Å². The van der Waals surface area contributed by atoms with Gasteiger partial charge in [0.15, 0.2) is 0 Å². The SMILES string of the molecule is c1ccc(-c2ccccc2N(c2ccc(-c3cc(C4CCCCC4)c(C4CCCCC4)c(C4CCCCC4)c3)cc2)c2ccc3c(c2)C(c2ccc(C4CCCCC4)cc2)(c2ccc(C4CCCCC4)cc2)c2ccccc2-3)cc1. The lowest BCUT2D eigenvalue weighted by molar-refractivity contribution is 0.404. The molecule has 6 aliphatic carbocycles. The zero-order chi connectivity index (χ0) is 53.2. The number of benzene rings is 8. The molecule has 80 heavy (non-hydrogen) atoms. The second kappa shape index (κ2) is 23.2. The highest BCUT2D eigenvalue weighted by Crippen LogP contribution is 2.58. The Balaban J connectivity index is 0.936. The molecule has 0 spiro atoms. The van der Waals surface area contributed by atoms with E-state index in [0.717, 1.165) is 5.92 Å². The Bertz CT molecular complexity index is 3270. The van der Waals surface area contributed by atoms with E-state index in [1.807, 2.05) is 5.56 Å². The molecule has 0 unspecified atom stereocenters. The minimum atomic E-state index is -0.511. The topological polar surface area (TPSA) is 3.24 Å². The van der Waals surface area contributed by atoms with Crippen LogP contribution in [0.4, 0.5) is 17.1 Å². The zero-order valence-electron chi connectivity index (χ0n) is 47.8. The minimum Gasteiger partial charge on any atom is -0.310 e. The number of hydrogen-bond donors (Lipinski definition) is 0. The Morgan fingerprint density at radius 3 is 1.26 bits per heavy atom. The van der Waals surface area contributed by atoms with Gasteiger partial charge in [-0.15, -0.1) is 0 Å². The van der Waals surface area contributed by atoms with Crippen LogP contribution in [0, 0.1) is 0 Å². The smallest absolute Gasteiger partial charge is 0.0714 e. The summed E-state index contributed by atoms with van der Waals surface area (Å²) in [5.41, 5.74) is 24.8. The molecular weight excluding hydrogens is 963 g/mol. The fourth-order valence-corrected chi connectivity index (χ4v) is 17.1. The van der Waals surface area contributed by atoms with Crippen molar-refractivity contribution in [2.45, 2.75) is 196 Å². The Kier molecular flexibility index (Phi) is 15.0. The molecule has 0 bridgehead atoms. The van der Waals surface area contributed by atoms with Crippen LogP contribution in [-0.4, -0.2) is 0 Å². The lowest BCUT2D eigenvalue weighted by atomic mass is 9.67. The molecule has 0 N–H and O–H groups in total. The molecule has 1 nitrogen and oxygen atoms in total. The third-order valence-electron chi connectivity index (χ3n) is 21.2. The van der Waals surface area contributed by atoms with Crippen LogP contribution in [0.5, 0.6) is 0 Å². The van der Waals surface area contributed by atoms with Gasteiger partial charge in [-0.1, -0.05) is 248 Å². The van der Waals surface area contributed by atoms with E-state index in [4.69, 9.17) is 0 Å². The number of hydrogen-bond acceptors (Lipinski definition) is 1. The first-order valence-corrected chi connectivity index (χ1v) is 32.4. The van der Waals surface area contributed by atoms with Crippen molar-refractivity contribution in [2.24, 2.45) is 0 Å². The van der Waals surface area contributed by atoms with Crippen LogP contribution < -0.4 is 4.90 Å². The van der Waals surface area contributed by atoms with Gasteiger partial charge < -0.3 is 4.90 Å². The predicted molar refractivity (Wildman–Crippen MR) is 338 cm³/mol. The molecule has 6 aliphatic rings. The summed E-state index contributed by atoms with van der Waals surface area (Å²) in [5, 5.41) is 0. The molecule has 0 heterocycles. The average Bonchev–Trinajstić information content (AvgIpc) is 4.07. The van der Waals surface area contributed by atoms with Gasteiger partial charge in [-0.2, -0.15) is 0 Å². The summed E-state index contributed by atoms with van der Waals surface area (Å²) in [5.74, 6) is 3.42. The van der Waals surface area contributed by atoms with Crippen molar-refractivity contribution in [2.75, 3.05) is 4.90 Å². The summed E-state index contributed by atoms with van der Waals surface area (Å²) in [7, 11) is 0. The van der Waals surface area contributed by atoms with Gasteiger partial charge in [0, 0.05) is 16.9 Å². The monoisotopic (exact) mass is 1050 g/mol. The van der Waals surface area contributed by atoms with E-state index < -0.39 is 5.41 Å². The molecule has 0 amide bonds. The van der Waals surface area contributed by atoms with Crippen molar-refractivity contribution in [1.29, 1.82) is 0 Å². The fraction of sp³-hybridized carbons (Fsp3) is 0.392. The van der Waals surface area contributed by atoms with E-state index in [0.29, 0.717) is 23.7 Å². The maximum Gasteiger partial charge on any atom is 0.0714 e. The van der Waals surface area contributed by atoms with Crippen LogP contribution in [-0.2, 0) is 5.41 Å². The molecule has 1 heteroatoms. The first-order valence-electron chi connectivity index (χ1n) is 32.4. The Morgan fingerprint density at radius 1 is 0.287 bits per heavy atom. The van der Waals surface area contributed by atoms with Crippen LogP contribution in [0.25, 0.3) is 33.4 Å². The van der Waals surface area contributed by atoms with E-state index in [-0.39, 0.29) is 0 Å². The lowest BCUT2D eigenvalue weighted by Crippen LogP contribution is -2.29. The minimum absolute atomic E-state index is 0.511. The molecule has 0 radical (unpaired) electrons. The third-order valence-corrected chi connectivity index (χ3v) is 21.2. The van der Waals surface area contributed by atoms with Crippen molar-refractivity contribution >= 4 is 17.1 Å². The molecule has 5 saturated carbocycles. The molecule has 406 valence electrons. The number of anilines is 3. The molecule has 0 aromatic heterocycles. The predicted octanol–water partition coefficient (Wildman–Crippen LogP) is 23.1. The van der Waals surface area contributed by atoms with Crippen LogP contribution in [0.1, 0.15) is 240 Å². The van der Waals surface area contributed by atoms with Crippen LogP contribution in [0.3, 0.4) is 0 Å². The van der Waals surface area contributed by atoms with E-state index in [1.54, 1.807) is 11.1 Å². The largest absolute Gasteiger partial charge is 0.310 e. The molecule has 8 aromatic rings. The fourth-order valence-electron chi connectivity index (χ4n) is 17.1. The number of nitrogens with zero attached hydrogens (tertiary/aromatic N) is 1. The highest BCUT2D eigenvalue weighted by Gasteiger charge is 2.47. The van der Waals surface area contributed by atoms with Gasteiger partial charge in [0.25, 0.3) is 0 Å². The van der Waals surface area contributed by atoms with E-state index in [2.05, 4.69) is 187 Å². The Morgan fingerprint density at radius 2 is 0.725 bits per heavy atom. The van der Waals surface area contributed by atoms with Gasteiger partial charge in [-0.05, 0) is 202 Å². The molecule has 0 aliphatic heterocycles. The van der Waals surface area contributed by atoms with Gasteiger partial charge in [-0.25, -0.2) is 0 Å². The standard InChI is InChI=1S/C79H85N/c1-7-23-56(24-8-1)58-39-45-66(46-40-58)79(67-47-41-59(42-48-67)57-25-9-2-10-26-57)75-37-21-19-36-71(75)72-52-51-69(55-76(72)79)80(77-38-22-20-35-70(77)61-27-11-3-12-28-61)68-49-43-60(44-50-68)65-53-73(62-29-13-4-14-30-62)78(64-33-17-6-18-34-64)74(54-65)63-31-15-5-16-32-63/h3,11-12,19-22,27-28,35-57,62-64H,1-2,4-10,13-18,23-26,29-34H2. The summed E-state index contributed by atoms with van der Waals surface area (Å²) >= 11 is 0. The summed E-state index contributed by atoms with van der Waals surface area (Å²) in [6, 6.07) is 72.6. The molecule has 14 rings (SSSR count). The van der Waals surface area contributed by atoms with Crippen LogP contribution in [0.2, 0.25) is 0 Å². The van der Waals surface area contributed by atoms with E-state index in [1.165, 1.54) is 244 Å². The van der Waals surface area contributed by atoms with E-state index >= 15 is 0 Å². The van der Waals surface area contributed by atoms with Gasteiger partial charge in [-0.3, -0.25) is 0 Å². The third kappa shape index (κ3) is 9.81. The number of rotatable bonds is 12. The van der Waals surface area contributed by atoms with Crippen LogP contribution >= 0.6 is 0 Å². The highest BCUT2D eigenvalue weighted by molar-refractivity contribution is 5.92. The zero-order valence-corrected chi connectivity index (χ0v) is 47.8. The quantitative estimate of drug-likeness (QED) is 0.118. The maximum absolute atomic E-state index is 2.73. The first-order chi connectivity index (χ1) is 39.7. The van der Waals surface area contributed by atoms with Crippen molar-refractivity contribution in [3.63, 3.8) is 0 Å². The van der Waals surface area contributed by atoms with Crippen molar-refractivity contribution in [3.05, 3.63) is 232 Å². The molecule has 0 atom stereocenters. The van der Waals surface area contributed by atoms with Gasteiger partial charge in [0.05, 0.1) is 11.1 Å². The first kappa shape index (κ1) is 51.7. The summed E-state index contributed by atoms with van der Waals surface area (Å²) in [6.45, 7) is 0. The second-order valence-electron chi connectivity index (χ2n) is 25.8. The Hall–Kier alpha value is -6.44. The van der Waals surface area contributed by atoms with Gasteiger partial charge in [0.1, 0.15) is 0 Å². The molecule has 8 aromatic carbocycles. The van der Waals surface area contributed by atoms with Crippen molar-refractivity contribution < 1.29 is 0 Å². The average molecular weight is 1050 g/mol. The van der Waals surface area contributed by atoms with Gasteiger partial charge >= 0.3 is 0 Å². The van der Waals surface area contributed by atoms with Gasteiger partial charge in [0.2, 0.25) is 0 Å².